The van der Waals surface area contributed by atoms with Crippen molar-refractivity contribution in [3.8, 4) is 5.75 Å². The first-order valence-corrected chi connectivity index (χ1v) is 11.3. The molecule has 1 amide bonds. The molecule has 0 saturated carbocycles. The number of carbonyl (C=O) groups excluding carboxylic acids is 2. The Morgan fingerprint density at radius 2 is 1.88 bits per heavy atom. The van der Waals surface area contributed by atoms with Crippen LogP contribution in [0.3, 0.4) is 0 Å². The molecular formula is C25H30N2O6. The van der Waals surface area contributed by atoms with Crippen LogP contribution < -0.4 is 4.74 Å². The molecule has 176 valence electrons. The summed E-state index contributed by atoms with van der Waals surface area (Å²) in [5, 5.41) is 10.7. The third-order valence-electron chi connectivity index (χ3n) is 5.84. The van der Waals surface area contributed by atoms with E-state index in [-0.39, 0.29) is 17.4 Å². The third kappa shape index (κ3) is 5.12. The number of nitrogens with zero attached hydrogens (tertiary/aromatic N) is 2. The molecule has 1 unspecified atom stereocenters. The Bertz CT molecular complexity index is 990. The monoisotopic (exact) mass is 454 g/mol. The van der Waals surface area contributed by atoms with Gasteiger partial charge in [0.05, 0.1) is 37.2 Å². The largest absolute Gasteiger partial charge is 0.503 e. The molecule has 1 atom stereocenters. The Morgan fingerprint density at radius 3 is 2.52 bits per heavy atom. The summed E-state index contributed by atoms with van der Waals surface area (Å²) >= 11 is 0. The minimum Gasteiger partial charge on any atom is -0.503 e. The fourth-order valence-corrected chi connectivity index (χ4v) is 4.29. The van der Waals surface area contributed by atoms with E-state index in [9.17, 15) is 14.7 Å². The molecule has 1 saturated heterocycles. The number of aliphatic hydroxyl groups excluding tert-OH is 1. The minimum absolute atomic E-state index is 0.0284. The number of furan rings is 1. The first kappa shape index (κ1) is 23.1. The standard InChI is InChI=1S/C25H30N2O6/c1-17(2)33-19-8-6-18(7-9-19)22-21(23(28)20-5-3-14-32-20)24(29)25(30)27(22)11-4-10-26-12-15-31-16-13-26/h3,5-9,14,17,22,29H,4,10-13,15-16H2,1-2H3. The van der Waals surface area contributed by atoms with Crippen LogP contribution in [-0.2, 0) is 9.53 Å². The highest BCUT2D eigenvalue weighted by atomic mass is 16.5. The van der Waals surface area contributed by atoms with Gasteiger partial charge in [0.2, 0.25) is 5.78 Å². The van der Waals surface area contributed by atoms with Gasteiger partial charge in [-0.3, -0.25) is 14.5 Å². The molecule has 0 aliphatic carbocycles. The van der Waals surface area contributed by atoms with Crippen molar-refractivity contribution in [2.24, 2.45) is 0 Å². The van der Waals surface area contributed by atoms with Crippen molar-refractivity contribution in [1.82, 2.24) is 9.80 Å². The first-order valence-electron chi connectivity index (χ1n) is 11.3. The molecule has 8 nitrogen and oxygen atoms in total. The van der Waals surface area contributed by atoms with Gasteiger partial charge in [0.15, 0.2) is 11.5 Å². The van der Waals surface area contributed by atoms with Crippen molar-refractivity contribution in [3.05, 3.63) is 65.3 Å². The van der Waals surface area contributed by atoms with Crippen LogP contribution in [0.4, 0.5) is 0 Å². The molecule has 1 aromatic heterocycles. The first-order chi connectivity index (χ1) is 16.0. The Balaban J connectivity index is 1.59. The van der Waals surface area contributed by atoms with E-state index in [2.05, 4.69) is 4.90 Å². The van der Waals surface area contributed by atoms with E-state index < -0.39 is 23.5 Å². The highest BCUT2D eigenvalue weighted by Gasteiger charge is 2.44. The molecule has 2 aliphatic heterocycles. The number of aliphatic hydroxyl groups is 1. The zero-order chi connectivity index (χ0) is 23.4. The van der Waals surface area contributed by atoms with Crippen LogP contribution in [0.15, 0.2) is 58.4 Å². The average Bonchev–Trinajstić information content (AvgIpc) is 3.43. The molecule has 33 heavy (non-hydrogen) atoms. The van der Waals surface area contributed by atoms with E-state index in [1.807, 2.05) is 38.1 Å². The van der Waals surface area contributed by atoms with Crippen molar-refractivity contribution >= 4 is 11.7 Å². The quantitative estimate of drug-likeness (QED) is 0.581. The maximum atomic E-state index is 13.2. The SMILES string of the molecule is CC(C)Oc1ccc(C2C(C(=O)c3ccco3)=C(O)C(=O)N2CCCN2CCOCC2)cc1. The molecular weight excluding hydrogens is 424 g/mol. The second-order valence-electron chi connectivity index (χ2n) is 8.51. The molecule has 0 spiro atoms. The number of benzene rings is 1. The molecule has 2 aromatic rings. The molecule has 8 heteroatoms. The lowest BCUT2D eigenvalue weighted by Crippen LogP contribution is -2.39. The molecule has 4 rings (SSSR count). The Morgan fingerprint density at radius 1 is 1.15 bits per heavy atom. The molecule has 3 heterocycles. The van der Waals surface area contributed by atoms with Crippen LogP contribution in [-0.4, -0.2) is 72.1 Å². The fourth-order valence-electron chi connectivity index (χ4n) is 4.29. The number of hydrogen-bond acceptors (Lipinski definition) is 7. The minimum atomic E-state index is -0.701. The van der Waals surface area contributed by atoms with Gasteiger partial charge >= 0.3 is 0 Å². The van der Waals surface area contributed by atoms with E-state index in [4.69, 9.17) is 13.9 Å². The van der Waals surface area contributed by atoms with Crippen molar-refractivity contribution in [2.45, 2.75) is 32.4 Å². The number of morpholine rings is 1. The summed E-state index contributed by atoms with van der Waals surface area (Å²) in [4.78, 5) is 30.1. The Hall–Kier alpha value is -3.10. The fraction of sp³-hybridized carbons (Fsp3) is 0.440. The Labute approximate surface area is 193 Å². The summed E-state index contributed by atoms with van der Waals surface area (Å²) in [5.41, 5.74) is 0.767. The second kappa shape index (κ2) is 10.2. The van der Waals surface area contributed by atoms with Crippen LogP contribution >= 0.6 is 0 Å². The molecule has 1 N–H and O–H groups in total. The van der Waals surface area contributed by atoms with Gasteiger partial charge in [0, 0.05) is 26.2 Å². The number of Topliss-reactive ketones (excluding diaryl/α,β-unsaturated/α-hetero) is 1. The van der Waals surface area contributed by atoms with Crippen molar-refractivity contribution < 1.29 is 28.6 Å². The van der Waals surface area contributed by atoms with Crippen molar-refractivity contribution in [2.75, 3.05) is 39.4 Å². The number of ether oxygens (including phenoxy) is 2. The van der Waals surface area contributed by atoms with Crippen LogP contribution in [0.25, 0.3) is 0 Å². The summed E-state index contributed by atoms with van der Waals surface area (Å²) in [7, 11) is 0. The highest BCUT2D eigenvalue weighted by molar-refractivity contribution is 6.15. The lowest BCUT2D eigenvalue weighted by molar-refractivity contribution is -0.129. The Kier molecular flexibility index (Phi) is 7.15. The van der Waals surface area contributed by atoms with Gasteiger partial charge in [0.25, 0.3) is 5.91 Å². The summed E-state index contributed by atoms with van der Waals surface area (Å²) in [6.45, 7) is 8.25. The van der Waals surface area contributed by atoms with Gasteiger partial charge in [-0.25, -0.2) is 0 Å². The zero-order valence-corrected chi connectivity index (χ0v) is 19.0. The van der Waals surface area contributed by atoms with Gasteiger partial charge in [0.1, 0.15) is 5.75 Å². The maximum Gasteiger partial charge on any atom is 0.290 e. The normalized spacial score (nSPS) is 19.5. The molecule has 1 aromatic carbocycles. The number of amides is 1. The topological polar surface area (TPSA) is 92.5 Å². The van der Waals surface area contributed by atoms with Gasteiger partial charge < -0.3 is 23.9 Å². The molecule has 0 bridgehead atoms. The second-order valence-corrected chi connectivity index (χ2v) is 8.51. The average molecular weight is 455 g/mol. The van der Waals surface area contributed by atoms with Gasteiger partial charge in [-0.1, -0.05) is 12.1 Å². The predicted molar refractivity (Wildman–Crippen MR) is 121 cm³/mol. The number of carbonyl (C=O) groups is 2. The molecule has 1 fully saturated rings. The van der Waals surface area contributed by atoms with E-state index in [1.165, 1.54) is 12.3 Å². The number of ketones is 1. The third-order valence-corrected chi connectivity index (χ3v) is 5.84. The summed E-state index contributed by atoms with van der Waals surface area (Å²) < 4.78 is 16.4. The maximum absolute atomic E-state index is 13.2. The lowest BCUT2D eigenvalue weighted by Gasteiger charge is -2.30. The number of hydrogen-bond donors (Lipinski definition) is 1. The van der Waals surface area contributed by atoms with E-state index in [0.29, 0.717) is 31.9 Å². The van der Waals surface area contributed by atoms with E-state index >= 15 is 0 Å². The summed E-state index contributed by atoms with van der Waals surface area (Å²) in [6.07, 6.45) is 2.14. The van der Waals surface area contributed by atoms with Gasteiger partial charge in [-0.2, -0.15) is 0 Å². The lowest BCUT2D eigenvalue weighted by atomic mass is 9.95. The highest BCUT2D eigenvalue weighted by Crippen LogP contribution is 2.39. The molecule has 2 aliphatic rings. The van der Waals surface area contributed by atoms with Crippen molar-refractivity contribution in [1.29, 1.82) is 0 Å². The smallest absolute Gasteiger partial charge is 0.290 e. The van der Waals surface area contributed by atoms with Crippen LogP contribution in [0, 0.1) is 0 Å². The number of rotatable bonds is 9. The van der Waals surface area contributed by atoms with Gasteiger partial charge in [-0.05, 0) is 50.1 Å². The summed E-state index contributed by atoms with van der Waals surface area (Å²) in [6, 6.07) is 9.73. The van der Waals surface area contributed by atoms with Crippen molar-refractivity contribution in [3.63, 3.8) is 0 Å². The van der Waals surface area contributed by atoms with E-state index in [1.54, 1.807) is 11.0 Å². The summed E-state index contributed by atoms with van der Waals surface area (Å²) in [5.74, 6) is -0.767. The van der Waals surface area contributed by atoms with E-state index in [0.717, 1.165) is 25.2 Å². The van der Waals surface area contributed by atoms with Crippen LogP contribution in [0.1, 0.15) is 42.4 Å². The predicted octanol–water partition coefficient (Wildman–Crippen LogP) is 3.37. The zero-order valence-electron chi connectivity index (χ0n) is 19.0. The van der Waals surface area contributed by atoms with Crippen LogP contribution in [0.2, 0.25) is 0 Å². The van der Waals surface area contributed by atoms with Gasteiger partial charge in [-0.15, -0.1) is 0 Å². The van der Waals surface area contributed by atoms with Crippen LogP contribution in [0.5, 0.6) is 5.75 Å². The molecule has 0 radical (unpaired) electrons.